The van der Waals surface area contributed by atoms with Crippen molar-refractivity contribution in [2.75, 3.05) is 34.8 Å². The molecule has 1 fully saturated rings. The van der Waals surface area contributed by atoms with Crippen molar-refractivity contribution in [3.05, 3.63) is 93.3 Å². The molecule has 1 amide bonds. The van der Waals surface area contributed by atoms with Crippen molar-refractivity contribution in [1.82, 2.24) is 15.5 Å². The Bertz CT molecular complexity index is 1600. The van der Waals surface area contributed by atoms with Gasteiger partial charge in [0.25, 0.3) is 5.91 Å². The van der Waals surface area contributed by atoms with E-state index in [0.717, 1.165) is 11.3 Å². The molecule has 0 aromatic heterocycles. The first kappa shape index (κ1) is 34.2. The molecule has 1 aromatic rings. The van der Waals surface area contributed by atoms with Crippen molar-refractivity contribution in [3.63, 3.8) is 0 Å². The van der Waals surface area contributed by atoms with E-state index in [0.29, 0.717) is 30.5 Å². The Kier molecular flexibility index (Phi) is 9.90. The Morgan fingerprint density at radius 3 is 2.33 bits per heavy atom. The Morgan fingerprint density at radius 1 is 1.11 bits per heavy atom. The van der Waals surface area contributed by atoms with Gasteiger partial charge in [-0.25, -0.2) is 4.79 Å². The maximum Gasteiger partial charge on any atom is 0.337 e. The van der Waals surface area contributed by atoms with Gasteiger partial charge in [-0.1, -0.05) is 18.7 Å². The SMILES string of the molecule is C=C1C(O)=C(CNCc2ccc(C(=O)OC)cc2)/C=C(/N(C)C)CC[C@H]2C[C@H]3[C@H](NC)C(=O)C(C(N)=O)=C(O)[C@@]3(O)C(=O)C2=C1O. The van der Waals surface area contributed by atoms with Gasteiger partial charge in [-0.2, -0.15) is 0 Å². The number of aliphatic hydroxyl groups excluding tert-OH is 3. The number of carbonyl (C=O) groups excluding carboxylic acids is 4. The number of fused-ring (bicyclic) bond motifs is 2. The van der Waals surface area contributed by atoms with Crippen LogP contribution in [0.25, 0.3) is 0 Å². The normalized spacial score (nSPS) is 26.7. The van der Waals surface area contributed by atoms with Gasteiger partial charge in [-0.05, 0) is 56.0 Å². The van der Waals surface area contributed by atoms with Crippen LogP contribution in [-0.4, -0.2) is 95.2 Å². The predicted molar refractivity (Wildman–Crippen MR) is 167 cm³/mol. The number of methoxy groups -OCH3 is 1. The average molecular weight is 637 g/mol. The molecule has 3 aliphatic rings. The van der Waals surface area contributed by atoms with Gasteiger partial charge < -0.3 is 46.4 Å². The first-order chi connectivity index (χ1) is 21.7. The minimum absolute atomic E-state index is 0.0311. The highest BCUT2D eigenvalue weighted by molar-refractivity contribution is 6.24. The van der Waals surface area contributed by atoms with Crippen molar-refractivity contribution >= 4 is 23.4 Å². The van der Waals surface area contributed by atoms with E-state index in [-0.39, 0.29) is 24.1 Å². The zero-order valence-corrected chi connectivity index (χ0v) is 26.2. The van der Waals surface area contributed by atoms with Crippen LogP contribution >= 0.6 is 0 Å². The third kappa shape index (κ3) is 5.96. The topological polar surface area (TPSA) is 212 Å². The molecule has 1 aromatic carbocycles. The number of nitrogens with one attached hydrogen (secondary N) is 2. The van der Waals surface area contributed by atoms with E-state index in [4.69, 9.17) is 10.5 Å². The van der Waals surface area contributed by atoms with Gasteiger partial charge in [0.15, 0.2) is 11.4 Å². The number of hydrogen-bond donors (Lipinski definition) is 7. The molecule has 0 bridgehead atoms. The molecule has 13 heteroatoms. The van der Waals surface area contributed by atoms with Crippen molar-refractivity contribution in [3.8, 4) is 0 Å². The Labute approximate surface area is 266 Å². The molecule has 0 heterocycles. The maximum absolute atomic E-state index is 14.1. The van der Waals surface area contributed by atoms with Crippen molar-refractivity contribution < 1.29 is 44.3 Å². The molecule has 46 heavy (non-hydrogen) atoms. The summed E-state index contributed by atoms with van der Waals surface area (Å²) in [5.74, 6) is -7.88. The Morgan fingerprint density at radius 2 is 1.76 bits per heavy atom. The minimum atomic E-state index is -2.75. The van der Waals surface area contributed by atoms with Gasteiger partial charge in [0.05, 0.1) is 24.3 Å². The summed E-state index contributed by atoms with van der Waals surface area (Å²) in [5, 5.41) is 51.6. The molecule has 13 nitrogen and oxygen atoms in total. The molecule has 0 spiro atoms. The zero-order valence-electron chi connectivity index (χ0n) is 26.2. The number of esters is 1. The highest BCUT2D eigenvalue weighted by Crippen LogP contribution is 2.49. The number of rotatable bonds is 8. The van der Waals surface area contributed by atoms with E-state index >= 15 is 0 Å². The number of likely N-dealkylation sites (N-methyl/N-ethyl adjacent to an activating group) is 1. The lowest BCUT2D eigenvalue weighted by Gasteiger charge is -2.48. The number of hydrogen-bond acceptors (Lipinski definition) is 12. The molecule has 246 valence electrons. The lowest BCUT2D eigenvalue weighted by molar-refractivity contribution is -0.150. The second-order valence-corrected chi connectivity index (χ2v) is 11.8. The van der Waals surface area contributed by atoms with E-state index < -0.39 is 69.8 Å². The van der Waals surface area contributed by atoms with E-state index in [1.807, 2.05) is 19.0 Å². The molecular formula is C33H40N4O9. The number of nitrogens with two attached hydrogens (primary N) is 1. The minimum Gasteiger partial charge on any atom is -0.508 e. The van der Waals surface area contributed by atoms with Gasteiger partial charge in [-0.15, -0.1) is 0 Å². The van der Waals surface area contributed by atoms with E-state index in [2.05, 4.69) is 17.2 Å². The number of nitrogens with zero attached hydrogens (tertiary/aromatic N) is 1. The number of ether oxygens (including phenoxy) is 1. The molecule has 3 aliphatic carbocycles. The smallest absolute Gasteiger partial charge is 0.337 e. The van der Waals surface area contributed by atoms with Crippen LogP contribution in [0.15, 0.2) is 82.2 Å². The largest absolute Gasteiger partial charge is 0.508 e. The Hall–Kier alpha value is -4.72. The van der Waals surface area contributed by atoms with Crippen molar-refractivity contribution in [2.24, 2.45) is 17.6 Å². The number of benzene rings is 1. The van der Waals surface area contributed by atoms with Crippen LogP contribution in [0.3, 0.4) is 0 Å². The fraction of sp³-hybridized carbons (Fsp3) is 0.394. The first-order valence-electron chi connectivity index (χ1n) is 14.7. The summed E-state index contributed by atoms with van der Waals surface area (Å²) < 4.78 is 4.73. The molecule has 1 saturated carbocycles. The highest BCUT2D eigenvalue weighted by atomic mass is 16.5. The Balaban J connectivity index is 1.75. The van der Waals surface area contributed by atoms with Crippen molar-refractivity contribution in [1.29, 1.82) is 0 Å². The molecule has 0 radical (unpaired) electrons. The number of carbonyl (C=O) groups is 4. The van der Waals surface area contributed by atoms with Gasteiger partial charge in [0, 0.05) is 49.9 Å². The van der Waals surface area contributed by atoms with Gasteiger partial charge >= 0.3 is 5.97 Å². The number of aliphatic hydroxyl groups is 4. The summed E-state index contributed by atoms with van der Waals surface area (Å²) in [4.78, 5) is 53.0. The summed E-state index contributed by atoms with van der Waals surface area (Å²) >= 11 is 0. The zero-order chi connectivity index (χ0) is 34.1. The van der Waals surface area contributed by atoms with E-state index in [1.165, 1.54) is 14.2 Å². The van der Waals surface area contributed by atoms with Crippen LogP contribution in [0.5, 0.6) is 0 Å². The first-order valence-corrected chi connectivity index (χ1v) is 14.7. The van der Waals surface area contributed by atoms with Crippen LogP contribution in [0, 0.1) is 11.8 Å². The number of Topliss-reactive ketones (excluding diaryl/α,β-unsaturated/α-hetero) is 2. The predicted octanol–water partition coefficient (Wildman–Crippen LogP) is 1.39. The third-order valence-electron chi connectivity index (χ3n) is 8.98. The maximum atomic E-state index is 14.1. The number of allylic oxidation sites excluding steroid dienone is 1. The lowest BCUT2D eigenvalue weighted by Crippen LogP contribution is -2.65. The van der Waals surface area contributed by atoms with Crippen LogP contribution in [0.4, 0.5) is 0 Å². The van der Waals surface area contributed by atoms with Crippen LogP contribution < -0.4 is 16.4 Å². The molecular weight excluding hydrogens is 596 g/mol. The second-order valence-electron chi connectivity index (χ2n) is 11.8. The van der Waals surface area contributed by atoms with Crippen LogP contribution in [0.1, 0.15) is 35.2 Å². The summed E-state index contributed by atoms with van der Waals surface area (Å²) in [6.07, 6.45) is 2.40. The molecule has 0 aliphatic heterocycles. The van der Waals surface area contributed by atoms with Gasteiger partial charge in [0.1, 0.15) is 22.9 Å². The van der Waals surface area contributed by atoms with Gasteiger partial charge in [-0.3, -0.25) is 14.4 Å². The summed E-state index contributed by atoms with van der Waals surface area (Å²) in [6, 6.07) is 5.57. The van der Waals surface area contributed by atoms with E-state index in [1.54, 1.807) is 30.3 Å². The van der Waals surface area contributed by atoms with Crippen molar-refractivity contribution in [2.45, 2.75) is 37.5 Å². The lowest BCUT2D eigenvalue weighted by atomic mass is 9.59. The molecule has 4 atom stereocenters. The number of amides is 1. The van der Waals surface area contributed by atoms with Gasteiger partial charge in [0.2, 0.25) is 5.78 Å². The fourth-order valence-corrected chi connectivity index (χ4v) is 6.43. The fourth-order valence-electron chi connectivity index (χ4n) is 6.43. The quantitative estimate of drug-likeness (QED) is 0.159. The van der Waals surface area contributed by atoms with E-state index in [9.17, 15) is 39.6 Å². The number of primary amides is 1. The summed E-state index contributed by atoms with van der Waals surface area (Å²) in [5.41, 5.74) is 3.52. The second kappa shape index (κ2) is 13.3. The number of ketones is 2. The standard InChI is InChI=1S/C33H40N4O9/c1-16-26(38)20(15-36-14-17-6-8-18(9-7-17)32(44)46-5)12-21(37(3)4)11-10-19-13-22-25(35-2)28(40)24(31(34)43)30(42)33(22,45)29(41)23(19)27(16)39/h6-9,12,19,22,25,35-36,38-39,42,45H,1,10-11,13-15H2,2-5H3,(H2,34,43)/b21-12+,26-20?,27-23?/t19-,22-,25-,33-/m0/s1. The summed E-state index contributed by atoms with van der Waals surface area (Å²) in [7, 11) is 6.37. The molecule has 8 N–H and O–H groups in total. The monoisotopic (exact) mass is 636 g/mol. The third-order valence-corrected chi connectivity index (χ3v) is 8.98. The molecule has 4 rings (SSSR count). The average Bonchev–Trinajstić information content (AvgIpc) is 3.02. The van der Waals surface area contributed by atoms with Crippen LogP contribution in [-0.2, 0) is 25.7 Å². The molecule has 0 saturated heterocycles. The highest BCUT2D eigenvalue weighted by Gasteiger charge is 2.63. The van der Waals surface area contributed by atoms with Crippen LogP contribution in [0.2, 0.25) is 0 Å². The molecule has 0 unspecified atom stereocenters. The summed E-state index contributed by atoms with van der Waals surface area (Å²) in [6.45, 7) is 4.32.